The van der Waals surface area contributed by atoms with Gasteiger partial charge in [-0.05, 0) is 37.6 Å². The molecule has 0 amide bonds. The number of anilines is 1. The van der Waals surface area contributed by atoms with Crippen molar-refractivity contribution in [2.75, 3.05) is 23.7 Å². The summed E-state index contributed by atoms with van der Waals surface area (Å²) < 4.78 is 25.3. The Kier molecular flexibility index (Phi) is 3.69. The Hall–Kier alpha value is -1.07. The molecule has 1 fully saturated rings. The smallest absolute Gasteiger partial charge is 0.235 e. The minimum absolute atomic E-state index is 0.269. The van der Waals surface area contributed by atoms with Gasteiger partial charge in [0, 0.05) is 13.1 Å². The molecule has 0 aromatic heterocycles. The Morgan fingerprint density at radius 3 is 2.53 bits per heavy atom. The largest absolute Gasteiger partial charge is 0.316 e. The van der Waals surface area contributed by atoms with E-state index in [-0.39, 0.29) is 5.75 Å². The Balaban J connectivity index is 2.21. The summed E-state index contributed by atoms with van der Waals surface area (Å²) in [5.41, 5.74) is 1.94. The van der Waals surface area contributed by atoms with Crippen LogP contribution in [0.15, 0.2) is 24.3 Å². The standard InChI is InChI=1S/C12H18N2O2S/c1-13-10-11-4-6-12(7-5-11)14-8-2-3-9-17(14,15)16/h4-7,13H,2-3,8-10H2,1H3. The first-order valence-electron chi connectivity index (χ1n) is 5.87. The molecule has 4 nitrogen and oxygen atoms in total. The summed E-state index contributed by atoms with van der Waals surface area (Å²) in [6.45, 7) is 1.40. The highest BCUT2D eigenvalue weighted by molar-refractivity contribution is 7.92. The van der Waals surface area contributed by atoms with Gasteiger partial charge in [0.25, 0.3) is 0 Å². The lowest BCUT2D eigenvalue weighted by Gasteiger charge is -2.28. The molecular formula is C12H18N2O2S. The van der Waals surface area contributed by atoms with Crippen LogP contribution in [0.1, 0.15) is 18.4 Å². The van der Waals surface area contributed by atoms with Crippen molar-refractivity contribution >= 4 is 15.7 Å². The number of hydrogen-bond acceptors (Lipinski definition) is 3. The Labute approximate surface area is 103 Å². The SMILES string of the molecule is CNCc1ccc(N2CCCCS2(=O)=O)cc1. The third-order valence-electron chi connectivity index (χ3n) is 2.95. The molecule has 0 spiro atoms. The third kappa shape index (κ3) is 2.79. The van der Waals surface area contributed by atoms with Gasteiger partial charge >= 0.3 is 0 Å². The van der Waals surface area contributed by atoms with E-state index in [0.717, 1.165) is 30.6 Å². The second-order valence-corrected chi connectivity index (χ2v) is 6.30. The van der Waals surface area contributed by atoms with Crippen LogP contribution in [0.4, 0.5) is 5.69 Å². The summed E-state index contributed by atoms with van der Waals surface area (Å²) in [5, 5.41) is 3.07. The molecule has 17 heavy (non-hydrogen) atoms. The molecule has 0 bridgehead atoms. The van der Waals surface area contributed by atoms with Gasteiger partial charge in [-0.2, -0.15) is 0 Å². The van der Waals surface area contributed by atoms with Crippen LogP contribution < -0.4 is 9.62 Å². The number of nitrogens with zero attached hydrogens (tertiary/aromatic N) is 1. The molecule has 94 valence electrons. The van der Waals surface area contributed by atoms with E-state index in [2.05, 4.69) is 5.32 Å². The van der Waals surface area contributed by atoms with Crippen LogP contribution in [0.2, 0.25) is 0 Å². The van der Waals surface area contributed by atoms with Crippen LogP contribution in [0.3, 0.4) is 0 Å². The summed E-state index contributed by atoms with van der Waals surface area (Å²) >= 11 is 0. The van der Waals surface area contributed by atoms with Gasteiger partial charge in [0.15, 0.2) is 0 Å². The van der Waals surface area contributed by atoms with E-state index in [1.807, 2.05) is 31.3 Å². The van der Waals surface area contributed by atoms with Crippen molar-refractivity contribution in [1.82, 2.24) is 5.32 Å². The Morgan fingerprint density at radius 2 is 1.94 bits per heavy atom. The zero-order chi connectivity index (χ0) is 12.3. The maximum absolute atomic E-state index is 11.9. The first-order valence-corrected chi connectivity index (χ1v) is 7.48. The quantitative estimate of drug-likeness (QED) is 0.885. The van der Waals surface area contributed by atoms with Crippen molar-refractivity contribution in [3.8, 4) is 0 Å². The topological polar surface area (TPSA) is 49.4 Å². The molecule has 1 aromatic carbocycles. The zero-order valence-electron chi connectivity index (χ0n) is 10.0. The van der Waals surface area contributed by atoms with Crippen molar-refractivity contribution in [2.24, 2.45) is 0 Å². The van der Waals surface area contributed by atoms with Gasteiger partial charge < -0.3 is 5.32 Å². The Bertz CT molecular complexity index is 468. The van der Waals surface area contributed by atoms with E-state index in [1.54, 1.807) is 0 Å². The molecule has 1 heterocycles. The fourth-order valence-electron chi connectivity index (χ4n) is 2.06. The maximum atomic E-state index is 11.9. The normalized spacial score (nSPS) is 19.2. The van der Waals surface area contributed by atoms with Crippen molar-refractivity contribution in [3.63, 3.8) is 0 Å². The van der Waals surface area contributed by atoms with Crippen LogP contribution in [0, 0.1) is 0 Å². The average Bonchev–Trinajstić information content (AvgIpc) is 2.30. The maximum Gasteiger partial charge on any atom is 0.235 e. The number of sulfonamides is 1. The summed E-state index contributed by atoms with van der Waals surface area (Å²) in [7, 11) is -1.19. The molecule has 1 aliphatic rings. The fourth-order valence-corrected chi connectivity index (χ4v) is 3.70. The van der Waals surface area contributed by atoms with Crippen LogP contribution in [0.5, 0.6) is 0 Å². The van der Waals surface area contributed by atoms with Crippen LogP contribution >= 0.6 is 0 Å². The Morgan fingerprint density at radius 1 is 1.24 bits per heavy atom. The van der Waals surface area contributed by atoms with E-state index < -0.39 is 10.0 Å². The number of rotatable bonds is 3. The van der Waals surface area contributed by atoms with Crippen molar-refractivity contribution < 1.29 is 8.42 Å². The monoisotopic (exact) mass is 254 g/mol. The molecular weight excluding hydrogens is 236 g/mol. The van der Waals surface area contributed by atoms with Gasteiger partial charge in [-0.15, -0.1) is 0 Å². The van der Waals surface area contributed by atoms with Crippen LogP contribution in [-0.4, -0.2) is 27.8 Å². The highest BCUT2D eigenvalue weighted by atomic mass is 32.2. The summed E-state index contributed by atoms with van der Waals surface area (Å²) in [4.78, 5) is 0. The molecule has 0 saturated carbocycles. The second kappa shape index (κ2) is 5.06. The molecule has 0 aliphatic carbocycles. The van der Waals surface area contributed by atoms with Crippen LogP contribution in [0.25, 0.3) is 0 Å². The zero-order valence-corrected chi connectivity index (χ0v) is 10.8. The summed E-state index contributed by atoms with van der Waals surface area (Å²) in [5.74, 6) is 0.269. The van der Waals surface area contributed by atoms with Gasteiger partial charge in [0.2, 0.25) is 10.0 Å². The molecule has 0 unspecified atom stereocenters. The van der Waals surface area contributed by atoms with E-state index in [0.29, 0.717) is 6.54 Å². The van der Waals surface area contributed by atoms with Crippen LogP contribution in [-0.2, 0) is 16.6 Å². The first kappa shape index (κ1) is 12.4. The van der Waals surface area contributed by atoms with Crippen molar-refractivity contribution in [3.05, 3.63) is 29.8 Å². The van der Waals surface area contributed by atoms with E-state index in [4.69, 9.17) is 0 Å². The number of hydrogen-bond donors (Lipinski definition) is 1. The van der Waals surface area contributed by atoms with Gasteiger partial charge in [0.1, 0.15) is 0 Å². The third-order valence-corrected chi connectivity index (χ3v) is 4.82. The van der Waals surface area contributed by atoms with Gasteiger partial charge in [0.05, 0.1) is 11.4 Å². The molecule has 1 aromatic rings. The van der Waals surface area contributed by atoms with E-state index in [9.17, 15) is 8.42 Å². The molecule has 1 saturated heterocycles. The fraction of sp³-hybridized carbons (Fsp3) is 0.500. The van der Waals surface area contributed by atoms with Gasteiger partial charge in [-0.3, -0.25) is 4.31 Å². The molecule has 1 N–H and O–H groups in total. The number of nitrogens with one attached hydrogen (secondary N) is 1. The molecule has 2 rings (SSSR count). The average molecular weight is 254 g/mol. The highest BCUT2D eigenvalue weighted by Gasteiger charge is 2.25. The predicted octanol–water partition coefficient (Wildman–Crippen LogP) is 1.34. The second-order valence-electron chi connectivity index (χ2n) is 4.29. The molecule has 1 aliphatic heterocycles. The lowest BCUT2D eigenvalue weighted by Crippen LogP contribution is -2.37. The lowest BCUT2D eigenvalue weighted by molar-refractivity contribution is 0.574. The first-order chi connectivity index (χ1) is 8.13. The molecule has 5 heteroatoms. The molecule has 0 atom stereocenters. The van der Waals surface area contributed by atoms with E-state index in [1.165, 1.54) is 4.31 Å². The highest BCUT2D eigenvalue weighted by Crippen LogP contribution is 2.23. The molecule has 0 radical (unpaired) electrons. The minimum Gasteiger partial charge on any atom is -0.316 e. The summed E-state index contributed by atoms with van der Waals surface area (Å²) in [6, 6.07) is 7.71. The predicted molar refractivity (Wildman–Crippen MR) is 69.6 cm³/mol. The summed E-state index contributed by atoms with van der Waals surface area (Å²) in [6.07, 6.45) is 1.72. The van der Waals surface area contributed by atoms with Crippen molar-refractivity contribution in [1.29, 1.82) is 0 Å². The number of benzene rings is 1. The lowest BCUT2D eigenvalue weighted by atomic mass is 10.2. The van der Waals surface area contributed by atoms with Gasteiger partial charge in [-0.1, -0.05) is 12.1 Å². The van der Waals surface area contributed by atoms with Crippen molar-refractivity contribution in [2.45, 2.75) is 19.4 Å². The van der Waals surface area contributed by atoms with Gasteiger partial charge in [-0.25, -0.2) is 8.42 Å². The van der Waals surface area contributed by atoms with E-state index >= 15 is 0 Å². The minimum atomic E-state index is -3.08.